The molecule has 0 bridgehead atoms. The third-order valence-electron chi connectivity index (χ3n) is 2.68. The van der Waals surface area contributed by atoms with Crippen molar-refractivity contribution in [2.24, 2.45) is 0 Å². The molecule has 1 saturated heterocycles. The van der Waals surface area contributed by atoms with Gasteiger partial charge >= 0.3 is 0 Å². The number of benzene rings is 1. The highest BCUT2D eigenvalue weighted by Crippen LogP contribution is 2.29. The van der Waals surface area contributed by atoms with Gasteiger partial charge < -0.3 is 9.64 Å². The molecule has 1 heterocycles. The molecule has 2 rings (SSSR count). The SMILES string of the molecule is O=Cc1cccc(Cl)c1N1CCCOCC1. The first kappa shape index (κ1) is 11.4. The molecule has 0 spiro atoms. The molecule has 4 heteroatoms. The Morgan fingerprint density at radius 1 is 1.31 bits per heavy atom. The summed E-state index contributed by atoms with van der Waals surface area (Å²) in [6, 6.07) is 5.40. The number of para-hydroxylation sites is 1. The van der Waals surface area contributed by atoms with Crippen LogP contribution >= 0.6 is 11.6 Å². The lowest BCUT2D eigenvalue weighted by atomic mass is 10.1. The third-order valence-corrected chi connectivity index (χ3v) is 2.99. The van der Waals surface area contributed by atoms with Crippen molar-refractivity contribution in [1.29, 1.82) is 0 Å². The third kappa shape index (κ3) is 2.36. The van der Waals surface area contributed by atoms with E-state index in [0.717, 1.165) is 38.1 Å². The van der Waals surface area contributed by atoms with Crippen LogP contribution in [0.3, 0.4) is 0 Å². The second-order valence-electron chi connectivity index (χ2n) is 3.75. The van der Waals surface area contributed by atoms with E-state index >= 15 is 0 Å². The lowest BCUT2D eigenvalue weighted by molar-refractivity contribution is 0.112. The van der Waals surface area contributed by atoms with Crippen LogP contribution in [0.15, 0.2) is 18.2 Å². The van der Waals surface area contributed by atoms with E-state index in [1.54, 1.807) is 12.1 Å². The van der Waals surface area contributed by atoms with Crippen molar-refractivity contribution in [3.05, 3.63) is 28.8 Å². The van der Waals surface area contributed by atoms with Gasteiger partial charge in [-0.2, -0.15) is 0 Å². The maximum atomic E-state index is 11.0. The topological polar surface area (TPSA) is 29.5 Å². The molecule has 0 aliphatic carbocycles. The van der Waals surface area contributed by atoms with E-state index in [1.807, 2.05) is 6.07 Å². The maximum absolute atomic E-state index is 11.0. The van der Waals surface area contributed by atoms with E-state index in [-0.39, 0.29) is 0 Å². The normalized spacial score (nSPS) is 16.9. The Balaban J connectivity index is 2.33. The minimum Gasteiger partial charge on any atom is -0.380 e. The van der Waals surface area contributed by atoms with Gasteiger partial charge in [0.25, 0.3) is 0 Å². The number of ether oxygens (including phenoxy) is 1. The van der Waals surface area contributed by atoms with Crippen LogP contribution in [0.1, 0.15) is 16.8 Å². The van der Waals surface area contributed by atoms with Crippen molar-refractivity contribution in [1.82, 2.24) is 0 Å². The molecule has 1 aliphatic rings. The van der Waals surface area contributed by atoms with Crippen molar-refractivity contribution in [2.75, 3.05) is 31.2 Å². The second kappa shape index (κ2) is 5.32. The van der Waals surface area contributed by atoms with E-state index in [2.05, 4.69) is 4.90 Å². The van der Waals surface area contributed by atoms with Crippen LogP contribution in [-0.4, -0.2) is 32.6 Å². The molecule has 0 atom stereocenters. The highest BCUT2D eigenvalue weighted by atomic mass is 35.5. The van der Waals surface area contributed by atoms with Crippen molar-refractivity contribution in [2.45, 2.75) is 6.42 Å². The van der Waals surface area contributed by atoms with Gasteiger partial charge in [0.05, 0.1) is 17.3 Å². The summed E-state index contributed by atoms with van der Waals surface area (Å²) in [6.45, 7) is 3.12. The summed E-state index contributed by atoms with van der Waals surface area (Å²) in [5.41, 5.74) is 1.49. The summed E-state index contributed by atoms with van der Waals surface area (Å²) >= 11 is 6.15. The van der Waals surface area contributed by atoms with Gasteiger partial charge in [-0.3, -0.25) is 4.79 Å². The zero-order valence-electron chi connectivity index (χ0n) is 8.99. The zero-order valence-corrected chi connectivity index (χ0v) is 9.74. The van der Waals surface area contributed by atoms with Crippen LogP contribution < -0.4 is 4.90 Å². The molecule has 0 radical (unpaired) electrons. The molecule has 0 unspecified atom stereocenters. The molecule has 0 aromatic heterocycles. The van der Waals surface area contributed by atoms with Gasteiger partial charge in [0.2, 0.25) is 0 Å². The number of aldehydes is 1. The predicted octanol–water partition coefficient (Wildman–Crippen LogP) is 2.38. The molecular formula is C12H14ClNO2. The second-order valence-corrected chi connectivity index (χ2v) is 4.16. The Morgan fingerprint density at radius 3 is 3.00 bits per heavy atom. The molecule has 1 aromatic carbocycles. The van der Waals surface area contributed by atoms with Gasteiger partial charge in [0.15, 0.2) is 6.29 Å². The van der Waals surface area contributed by atoms with Crippen molar-refractivity contribution < 1.29 is 9.53 Å². The van der Waals surface area contributed by atoms with E-state index in [4.69, 9.17) is 16.3 Å². The lowest BCUT2D eigenvalue weighted by Gasteiger charge is -2.24. The Morgan fingerprint density at radius 2 is 2.19 bits per heavy atom. The number of carbonyl (C=O) groups is 1. The molecule has 0 saturated carbocycles. The Hall–Kier alpha value is -1.06. The molecule has 3 nitrogen and oxygen atoms in total. The largest absolute Gasteiger partial charge is 0.380 e. The predicted molar refractivity (Wildman–Crippen MR) is 64.5 cm³/mol. The first-order valence-corrected chi connectivity index (χ1v) is 5.77. The molecule has 16 heavy (non-hydrogen) atoms. The minimum absolute atomic E-state index is 0.631. The summed E-state index contributed by atoms with van der Waals surface area (Å²) in [4.78, 5) is 13.1. The fraction of sp³-hybridized carbons (Fsp3) is 0.417. The minimum atomic E-state index is 0.631. The number of hydrogen-bond donors (Lipinski definition) is 0. The average Bonchev–Trinajstić information content (AvgIpc) is 2.57. The summed E-state index contributed by atoms with van der Waals surface area (Å²) in [7, 11) is 0. The molecule has 0 N–H and O–H groups in total. The van der Waals surface area contributed by atoms with Crippen LogP contribution in [0.4, 0.5) is 5.69 Å². The maximum Gasteiger partial charge on any atom is 0.152 e. The molecular weight excluding hydrogens is 226 g/mol. The summed E-state index contributed by atoms with van der Waals surface area (Å²) in [5.74, 6) is 0. The first-order chi connectivity index (χ1) is 7.83. The lowest BCUT2D eigenvalue weighted by Crippen LogP contribution is -2.27. The first-order valence-electron chi connectivity index (χ1n) is 5.39. The molecule has 1 aliphatic heterocycles. The summed E-state index contributed by atoms with van der Waals surface area (Å²) in [6.07, 6.45) is 1.82. The molecule has 1 fully saturated rings. The Bertz CT molecular complexity index is 373. The van der Waals surface area contributed by atoms with Crippen LogP contribution in [0.25, 0.3) is 0 Å². The Labute approximate surface area is 100.0 Å². The van der Waals surface area contributed by atoms with E-state index in [0.29, 0.717) is 17.2 Å². The molecule has 86 valence electrons. The number of nitrogens with zero attached hydrogens (tertiary/aromatic N) is 1. The number of anilines is 1. The summed E-state index contributed by atoms with van der Waals surface area (Å²) < 4.78 is 5.39. The number of carbonyl (C=O) groups excluding carboxylic acids is 1. The van der Waals surface area contributed by atoms with Crippen LogP contribution in [-0.2, 0) is 4.74 Å². The smallest absolute Gasteiger partial charge is 0.152 e. The average molecular weight is 240 g/mol. The van der Waals surface area contributed by atoms with Gasteiger partial charge in [-0.15, -0.1) is 0 Å². The van der Waals surface area contributed by atoms with Gasteiger partial charge in [-0.25, -0.2) is 0 Å². The highest BCUT2D eigenvalue weighted by molar-refractivity contribution is 6.33. The number of halogens is 1. The van der Waals surface area contributed by atoms with Gasteiger partial charge in [0, 0.05) is 25.3 Å². The van der Waals surface area contributed by atoms with E-state index in [9.17, 15) is 4.79 Å². The van der Waals surface area contributed by atoms with Crippen molar-refractivity contribution in [3.63, 3.8) is 0 Å². The van der Waals surface area contributed by atoms with Crippen LogP contribution in [0, 0.1) is 0 Å². The fourth-order valence-electron chi connectivity index (χ4n) is 1.93. The van der Waals surface area contributed by atoms with E-state index < -0.39 is 0 Å². The monoisotopic (exact) mass is 239 g/mol. The molecule has 0 amide bonds. The van der Waals surface area contributed by atoms with E-state index in [1.165, 1.54) is 0 Å². The molecule has 1 aromatic rings. The standard InChI is InChI=1S/C12H14ClNO2/c13-11-4-1-3-10(9-15)12(11)14-5-2-7-16-8-6-14/h1,3-4,9H,2,5-8H2. The van der Waals surface area contributed by atoms with Gasteiger partial charge in [-0.1, -0.05) is 17.7 Å². The van der Waals surface area contributed by atoms with Gasteiger partial charge in [0.1, 0.15) is 0 Å². The zero-order chi connectivity index (χ0) is 11.4. The van der Waals surface area contributed by atoms with Gasteiger partial charge in [-0.05, 0) is 18.6 Å². The number of rotatable bonds is 2. The van der Waals surface area contributed by atoms with Crippen LogP contribution in [0.5, 0.6) is 0 Å². The Kier molecular flexibility index (Phi) is 3.80. The summed E-state index contributed by atoms with van der Waals surface area (Å²) in [5, 5.41) is 0.631. The van der Waals surface area contributed by atoms with Crippen molar-refractivity contribution >= 4 is 23.6 Å². The van der Waals surface area contributed by atoms with Crippen LogP contribution in [0.2, 0.25) is 5.02 Å². The highest BCUT2D eigenvalue weighted by Gasteiger charge is 2.16. The van der Waals surface area contributed by atoms with Crippen molar-refractivity contribution in [3.8, 4) is 0 Å². The number of hydrogen-bond acceptors (Lipinski definition) is 3. The quantitative estimate of drug-likeness (QED) is 0.743. The fourth-order valence-corrected chi connectivity index (χ4v) is 2.23.